The number of carbonyl (C=O) groups is 4. The molecule has 0 saturated carbocycles. The van der Waals surface area contributed by atoms with Crippen LogP contribution in [0.1, 0.15) is 29.5 Å². The van der Waals surface area contributed by atoms with Crippen LogP contribution in [0, 0.1) is 5.82 Å². The van der Waals surface area contributed by atoms with Crippen LogP contribution in [0.2, 0.25) is 0 Å². The van der Waals surface area contributed by atoms with Crippen LogP contribution in [-0.4, -0.2) is 35.7 Å². The van der Waals surface area contributed by atoms with Gasteiger partial charge in [0.05, 0.1) is 6.42 Å². The molecule has 2 atom stereocenters. The second-order valence-corrected chi connectivity index (χ2v) is 10.0. The Hall–Kier alpha value is -5.05. The van der Waals surface area contributed by atoms with Crippen molar-refractivity contribution in [3.05, 3.63) is 120 Å². The molecule has 0 spiro atoms. The molecule has 0 fully saturated rings. The molecule has 42 heavy (non-hydrogen) atoms. The summed E-state index contributed by atoms with van der Waals surface area (Å²) in [6.45, 7) is 0.205. The fourth-order valence-corrected chi connectivity index (χ4v) is 4.67. The van der Waals surface area contributed by atoms with Gasteiger partial charge in [-0.25, -0.2) is 4.39 Å². The summed E-state index contributed by atoms with van der Waals surface area (Å²) in [6.07, 6.45) is 0.154. The van der Waals surface area contributed by atoms with E-state index in [9.17, 15) is 23.6 Å². The molecule has 0 radical (unpaired) electrons. The first kappa shape index (κ1) is 29.9. The summed E-state index contributed by atoms with van der Waals surface area (Å²) in [6, 6.07) is 26.2. The SMILES string of the molecule is NC(=O)C[C@H](NC(=O)CCc1ccccc1)C(=O)NC(Cc1ccc(F)cc1)C(=O)NCc1cccc2ccccc12. The number of amides is 4. The average molecular weight is 569 g/mol. The highest BCUT2D eigenvalue weighted by Gasteiger charge is 2.28. The van der Waals surface area contributed by atoms with Crippen LogP contribution in [0.25, 0.3) is 10.8 Å². The van der Waals surface area contributed by atoms with E-state index in [0.717, 1.165) is 21.9 Å². The second-order valence-electron chi connectivity index (χ2n) is 10.0. The normalized spacial score (nSPS) is 12.2. The first-order valence-corrected chi connectivity index (χ1v) is 13.7. The van der Waals surface area contributed by atoms with Crippen molar-refractivity contribution in [2.75, 3.05) is 0 Å². The number of benzene rings is 4. The van der Waals surface area contributed by atoms with Gasteiger partial charge in [-0.15, -0.1) is 0 Å². The molecule has 8 nitrogen and oxygen atoms in total. The van der Waals surface area contributed by atoms with Gasteiger partial charge in [-0.2, -0.15) is 0 Å². The Kier molecular flexibility index (Phi) is 10.4. The maximum absolute atomic E-state index is 13.5. The lowest BCUT2D eigenvalue weighted by molar-refractivity contribution is -0.133. The van der Waals surface area contributed by atoms with Crippen molar-refractivity contribution in [1.29, 1.82) is 0 Å². The van der Waals surface area contributed by atoms with E-state index in [2.05, 4.69) is 16.0 Å². The maximum atomic E-state index is 13.5. The van der Waals surface area contributed by atoms with Crippen molar-refractivity contribution in [3.8, 4) is 0 Å². The number of aryl methyl sites for hydroxylation is 1. The van der Waals surface area contributed by atoms with E-state index < -0.39 is 48.0 Å². The third kappa shape index (κ3) is 8.72. The summed E-state index contributed by atoms with van der Waals surface area (Å²) in [4.78, 5) is 51.2. The predicted octanol–water partition coefficient (Wildman–Crippen LogP) is 3.32. The Labute approximate surface area is 243 Å². The number of carbonyl (C=O) groups excluding carboxylic acids is 4. The summed E-state index contributed by atoms with van der Waals surface area (Å²) in [5.41, 5.74) is 7.83. The Balaban J connectivity index is 1.47. The molecule has 4 aromatic carbocycles. The summed E-state index contributed by atoms with van der Waals surface area (Å²) in [5.74, 6) is -2.85. The quantitative estimate of drug-likeness (QED) is 0.197. The van der Waals surface area contributed by atoms with E-state index in [1.807, 2.05) is 72.8 Å². The molecule has 0 aliphatic heterocycles. The minimum Gasteiger partial charge on any atom is -0.370 e. The topological polar surface area (TPSA) is 130 Å². The number of rotatable bonds is 13. The van der Waals surface area contributed by atoms with Gasteiger partial charge in [0.15, 0.2) is 0 Å². The molecule has 1 unspecified atom stereocenters. The number of primary amides is 1. The molecule has 4 aromatic rings. The van der Waals surface area contributed by atoms with Crippen LogP contribution in [0.3, 0.4) is 0 Å². The molecule has 0 aromatic heterocycles. The van der Waals surface area contributed by atoms with E-state index in [4.69, 9.17) is 5.73 Å². The van der Waals surface area contributed by atoms with Crippen LogP contribution >= 0.6 is 0 Å². The number of hydrogen-bond acceptors (Lipinski definition) is 4. The van der Waals surface area contributed by atoms with Gasteiger partial charge in [-0.05, 0) is 46.0 Å². The molecular weight excluding hydrogens is 535 g/mol. The van der Waals surface area contributed by atoms with Gasteiger partial charge < -0.3 is 21.7 Å². The smallest absolute Gasteiger partial charge is 0.243 e. The Morgan fingerprint density at radius 3 is 2.14 bits per heavy atom. The van der Waals surface area contributed by atoms with Gasteiger partial charge in [-0.1, -0.05) is 84.9 Å². The zero-order chi connectivity index (χ0) is 29.9. The van der Waals surface area contributed by atoms with Crippen LogP contribution in [0.4, 0.5) is 4.39 Å². The first-order valence-electron chi connectivity index (χ1n) is 13.7. The van der Waals surface area contributed by atoms with Gasteiger partial charge in [0.25, 0.3) is 0 Å². The summed E-state index contributed by atoms with van der Waals surface area (Å²) < 4.78 is 13.5. The molecule has 9 heteroatoms. The molecule has 4 rings (SSSR count). The first-order chi connectivity index (χ1) is 20.3. The van der Waals surface area contributed by atoms with Crippen molar-refractivity contribution in [1.82, 2.24) is 16.0 Å². The Morgan fingerprint density at radius 2 is 1.40 bits per heavy atom. The van der Waals surface area contributed by atoms with E-state index >= 15 is 0 Å². The fraction of sp³-hybridized carbons (Fsp3) is 0.212. The molecule has 4 amide bonds. The zero-order valence-electron chi connectivity index (χ0n) is 23.0. The molecule has 0 aliphatic rings. The van der Waals surface area contributed by atoms with Crippen molar-refractivity contribution in [3.63, 3.8) is 0 Å². The van der Waals surface area contributed by atoms with Gasteiger partial charge in [0.1, 0.15) is 17.9 Å². The third-order valence-corrected chi connectivity index (χ3v) is 6.86. The van der Waals surface area contributed by atoms with E-state index in [-0.39, 0.29) is 19.4 Å². The fourth-order valence-electron chi connectivity index (χ4n) is 4.67. The summed E-state index contributed by atoms with van der Waals surface area (Å²) in [7, 11) is 0. The van der Waals surface area contributed by atoms with E-state index in [1.54, 1.807) is 0 Å². The van der Waals surface area contributed by atoms with Crippen molar-refractivity contribution < 1.29 is 23.6 Å². The van der Waals surface area contributed by atoms with Crippen LogP contribution < -0.4 is 21.7 Å². The van der Waals surface area contributed by atoms with Crippen LogP contribution in [0.15, 0.2) is 97.1 Å². The van der Waals surface area contributed by atoms with Crippen molar-refractivity contribution in [2.24, 2.45) is 5.73 Å². The maximum Gasteiger partial charge on any atom is 0.243 e. The number of halogens is 1. The van der Waals surface area contributed by atoms with Gasteiger partial charge in [0.2, 0.25) is 23.6 Å². The zero-order valence-corrected chi connectivity index (χ0v) is 23.0. The summed E-state index contributed by atoms with van der Waals surface area (Å²) >= 11 is 0. The highest BCUT2D eigenvalue weighted by Crippen LogP contribution is 2.18. The molecule has 0 heterocycles. The average Bonchev–Trinajstić information content (AvgIpc) is 2.99. The van der Waals surface area contributed by atoms with E-state index in [0.29, 0.717) is 12.0 Å². The minimum atomic E-state index is -1.27. The molecule has 0 aliphatic carbocycles. The molecule has 5 N–H and O–H groups in total. The lowest BCUT2D eigenvalue weighted by Crippen LogP contribution is -2.55. The molecule has 216 valence electrons. The highest BCUT2D eigenvalue weighted by molar-refractivity contribution is 5.95. The summed E-state index contributed by atoms with van der Waals surface area (Å²) in [5, 5.41) is 10.1. The lowest BCUT2D eigenvalue weighted by atomic mass is 10.0. The Morgan fingerprint density at radius 1 is 0.714 bits per heavy atom. The van der Waals surface area contributed by atoms with Crippen LogP contribution in [0.5, 0.6) is 0 Å². The Bertz CT molecular complexity index is 1540. The number of fused-ring (bicyclic) bond motifs is 1. The van der Waals surface area contributed by atoms with Gasteiger partial charge >= 0.3 is 0 Å². The monoisotopic (exact) mass is 568 g/mol. The second kappa shape index (κ2) is 14.5. The lowest BCUT2D eigenvalue weighted by Gasteiger charge is -2.23. The third-order valence-electron chi connectivity index (χ3n) is 6.86. The van der Waals surface area contributed by atoms with Crippen molar-refractivity contribution in [2.45, 2.75) is 44.3 Å². The largest absolute Gasteiger partial charge is 0.370 e. The van der Waals surface area contributed by atoms with Gasteiger partial charge in [-0.3, -0.25) is 19.2 Å². The van der Waals surface area contributed by atoms with E-state index in [1.165, 1.54) is 24.3 Å². The van der Waals surface area contributed by atoms with Gasteiger partial charge in [0, 0.05) is 19.4 Å². The highest BCUT2D eigenvalue weighted by atomic mass is 19.1. The molecule has 0 saturated heterocycles. The molecule has 0 bridgehead atoms. The van der Waals surface area contributed by atoms with Crippen LogP contribution in [-0.2, 0) is 38.6 Å². The molecular formula is C33H33FN4O4. The number of nitrogens with two attached hydrogens (primary N) is 1. The van der Waals surface area contributed by atoms with Crippen molar-refractivity contribution >= 4 is 34.4 Å². The minimum absolute atomic E-state index is 0.0542. The number of hydrogen-bond donors (Lipinski definition) is 4. The predicted molar refractivity (Wildman–Crippen MR) is 158 cm³/mol. The number of nitrogens with one attached hydrogen (secondary N) is 3. The standard InChI is InChI=1S/C33H33FN4O4/c34-26-16-13-23(14-17-26)19-28(32(41)36-21-25-11-6-10-24-9-4-5-12-27(24)25)38-33(42)29(20-30(35)39)37-31(40)18-15-22-7-2-1-3-8-22/h1-14,16-17,28-29H,15,18-21H2,(H2,35,39)(H,36,41)(H,37,40)(H,38,42)/t28?,29-/m0/s1.